The van der Waals surface area contributed by atoms with E-state index < -0.39 is 12.0 Å². The van der Waals surface area contributed by atoms with Gasteiger partial charge in [-0.15, -0.1) is 0 Å². The average molecular weight is 263 g/mol. The number of nitrogens with zero attached hydrogens (tertiary/aromatic N) is 1. The molecule has 4 nitrogen and oxygen atoms in total. The Balaban J connectivity index is 2.17. The van der Waals surface area contributed by atoms with Crippen LogP contribution in [0.2, 0.25) is 0 Å². The number of carboxylic acids is 1. The Morgan fingerprint density at radius 2 is 1.89 bits per heavy atom. The first-order valence-corrected chi connectivity index (χ1v) is 6.72. The molecular weight excluding hydrogens is 242 g/mol. The molecule has 1 aliphatic heterocycles. The van der Waals surface area contributed by atoms with Crippen molar-refractivity contribution in [2.45, 2.75) is 25.8 Å². The van der Waals surface area contributed by atoms with Gasteiger partial charge in [-0.3, -0.25) is 9.69 Å². The molecule has 4 heteroatoms. The Morgan fingerprint density at radius 1 is 1.32 bits per heavy atom. The molecule has 1 aromatic carbocycles. The van der Waals surface area contributed by atoms with Crippen LogP contribution < -0.4 is 4.74 Å². The zero-order chi connectivity index (χ0) is 13.8. The zero-order valence-corrected chi connectivity index (χ0v) is 11.5. The molecule has 19 heavy (non-hydrogen) atoms. The highest BCUT2D eigenvalue weighted by molar-refractivity contribution is 5.75. The molecule has 1 unspecified atom stereocenters. The minimum Gasteiger partial charge on any atom is -0.497 e. The van der Waals surface area contributed by atoms with Gasteiger partial charge in [-0.25, -0.2) is 0 Å². The normalized spacial score (nSPS) is 19.1. The van der Waals surface area contributed by atoms with Crippen LogP contribution in [0.4, 0.5) is 0 Å². The number of ether oxygens (including phenoxy) is 1. The Bertz CT molecular complexity index is 422. The molecule has 1 N–H and O–H groups in total. The zero-order valence-electron chi connectivity index (χ0n) is 11.5. The van der Waals surface area contributed by atoms with Crippen LogP contribution in [0.5, 0.6) is 5.75 Å². The fourth-order valence-corrected chi connectivity index (χ4v) is 2.58. The summed E-state index contributed by atoms with van der Waals surface area (Å²) in [5.74, 6) is 0.668. The number of piperidine rings is 1. The maximum atomic E-state index is 11.6. The second kappa shape index (κ2) is 6.06. The van der Waals surface area contributed by atoms with Gasteiger partial charge in [-0.2, -0.15) is 0 Å². The molecule has 0 aromatic heterocycles. The molecule has 0 aliphatic carbocycles. The van der Waals surface area contributed by atoms with Crippen molar-refractivity contribution in [2.75, 3.05) is 20.2 Å². The van der Waals surface area contributed by atoms with E-state index in [1.54, 1.807) is 7.11 Å². The van der Waals surface area contributed by atoms with Crippen LogP contribution in [0.25, 0.3) is 0 Å². The van der Waals surface area contributed by atoms with E-state index in [0.717, 1.165) is 37.2 Å². The van der Waals surface area contributed by atoms with Crippen LogP contribution in [0.15, 0.2) is 24.3 Å². The smallest absolute Gasteiger partial charge is 0.325 e. The summed E-state index contributed by atoms with van der Waals surface area (Å²) in [6.45, 7) is 3.93. The highest BCUT2D eigenvalue weighted by atomic mass is 16.5. The number of benzene rings is 1. The first-order valence-electron chi connectivity index (χ1n) is 6.72. The third-order valence-corrected chi connectivity index (χ3v) is 3.85. The van der Waals surface area contributed by atoms with Crippen molar-refractivity contribution in [1.29, 1.82) is 0 Å². The third-order valence-electron chi connectivity index (χ3n) is 3.85. The molecule has 0 amide bonds. The first-order chi connectivity index (χ1) is 9.11. The predicted molar refractivity (Wildman–Crippen MR) is 73.3 cm³/mol. The van der Waals surface area contributed by atoms with Crippen molar-refractivity contribution in [3.05, 3.63) is 29.8 Å². The summed E-state index contributed by atoms with van der Waals surface area (Å²) in [6, 6.07) is 6.78. The van der Waals surface area contributed by atoms with Crippen LogP contribution in [0.3, 0.4) is 0 Å². The lowest BCUT2D eigenvalue weighted by Gasteiger charge is -2.34. The number of hydrogen-bond donors (Lipinski definition) is 1. The standard InChI is InChI=1S/C15H21NO3/c1-11-7-9-16(10-8-11)14(15(17)18)12-3-5-13(19-2)6-4-12/h3-6,11,14H,7-10H2,1-2H3,(H,17,18). The molecular formula is C15H21NO3. The SMILES string of the molecule is COc1ccc(C(C(=O)O)N2CCC(C)CC2)cc1. The summed E-state index contributed by atoms with van der Waals surface area (Å²) < 4.78 is 5.11. The third kappa shape index (κ3) is 3.26. The van der Waals surface area contributed by atoms with Gasteiger partial charge in [-0.05, 0) is 49.5 Å². The van der Waals surface area contributed by atoms with E-state index in [-0.39, 0.29) is 0 Å². The molecule has 1 saturated heterocycles. The average Bonchev–Trinajstić information content (AvgIpc) is 2.42. The van der Waals surface area contributed by atoms with Crippen LogP contribution >= 0.6 is 0 Å². The molecule has 104 valence electrons. The van der Waals surface area contributed by atoms with Crippen molar-refractivity contribution in [1.82, 2.24) is 4.90 Å². The summed E-state index contributed by atoms with van der Waals surface area (Å²) in [7, 11) is 1.61. The summed E-state index contributed by atoms with van der Waals surface area (Å²) in [5, 5.41) is 9.50. The van der Waals surface area contributed by atoms with E-state index in [1.165, 1.54) is 0 Å². The Morgan fingerprint density at radius 3 is 2.37 bits per heavy atom. The minimum absolute atomic E-state index is 0.543. The molecule has 1 aromatic rings. The molecule has 2 rings (SSSR count). The van der Waals surface area contributed by atoms with E-state index in [1.807, 2.05) is 24.3 Å². The van der Waals surface area contributed by atoms with Gasteiger partial charge in [-0.1, -0.05) is 19.1 Å². The van der Waals surface area contributed by atoms with Gasteiger partial charge in [0.15, 0.2) is 0 Å². The van der Waals surface area contributed by atoms with Crippen molar-refractivity contribution >= 4 is 5.97 Å². The molecule has 0 radical (unpaired) electrons. The van der Waals surface area contributed by atoms with Crippen molar-refractivity contribution in [2.24, 2.45) is 5.92 Å². The van der Waals surface area contributed by atoms with E-state index in [0.29, 0.717) is 5.92 Å². The lowest BCUT2D eigenvalue weighted by molar-refractivity contribution is -0.144. The van der Waals surface area contributed by atoms with E-state index in [2.05, 4.69) is 11.8 Å². The summed E-state index contributed by atoms with van der Waals surface area (Å²) in [4.78, 5) is 13.6. The number of aliphatic carboxylic acids is 1. The quantitative estimate of drug-likeness (QED) is 0.907. The Hall–Kier alpha value is -1.55. The fraction of sp³-hybridized carbons (Fsp3) is 0.533. The largest absolute Gasteiger partial charge is 0.497 e. The molecule has 1 aliphatic rings. The number of carbonyl (C=O) groups is 1. The molecule has 1 heterocycles. The Kier molecular flexibility index (Phi) is 4.43. The topological polar surface area (TPSA) is 49.8 Å². The number of rotatable bonds is 4. The lowest BCUT2D eigenvalue weighted by Crippen LogP contribution is -2.39. The summed E-state index contributed by atoms with van der Waals surface area (Å²) in [5.41, 5.74) is 0.822. The number of likely N-dealkylation sites (tertiary alicyclic amines) is 1. The molecule has 0 bridgehead atoms. The van der Waals surface area contributed by atoms with Crippen LogP contribution in [-0.2, 0) is 4.79 Å². The highest BCUT2D eigenvalue weighted by Gasteiger charge is 2.29. The van der Waals surface area contributed by atoms with Gasteiger partial charge in [0.1, 0.15) is 11.8 Å². The number of methoxy groups -OCH3 is 1. The second-order valence-corrected chi connectivity index (χ2v) is 5.23. The minimum atomic E-state index is -0.778. The molecule has 0 saturated carbocycles. The van der Waals surface area contributed by atoms with E-state index in [9.17, 15) is 9.90 Å². The maximum Gasteiger partial charge on any atom is 0.325 e. The van der Waals surface area contributed by atoms with Crippen molar-refractivity contribution < 1.29 is 14.6 Å². The van der Waals surface area contributed by atoms with Gasteiger partial charge in [0.25, 0.3) is 0 Å². The van der Waals surface area contributed by atoms with E-state index >= 15 is 0 Å². The molecule has 1 atom stereocenters. The predicted octanol–water partition coefficient (Wildman–Crippen LogP) is 2.55. The molecule has 1 fully saturated rings. The number of hydrogen-bond acceptors (Lipinski definition) is 3. The monoisotopic (exact) mass is 263 g/mol. The van der Waals surface area contributed by atoms with Crippen LogP contribution in [-0.4, -0.2) is 36.2 Å². The van der Waals surface area contributed by atoms with Crippen LogP contribution in [0, 0.1) is 5.92 Å². The van der Waals surface area contributed by atoms with Gasteiger partial charge >= 0.3 is 5.97 Å². The maximum absolute atomic E-state index is 11.6. The van der Waals surface area contributed by atoms with Crippen molar-refractivity contribution in [3.63, 3.8) is 0 Å². The van der Waals surface area contributed by atoms with Gasteiger partial charge in [0.05, 0.1) is 7.11 Å². The second-order valence-electron chi connectivity index (χ2n) is 5.23. The molecule has 0 spiro atoms. The highest BCUT2D eigenvalue weighted by Crippen LogP contribution is 2.28. The van der Waals surface area contributed by atoms with E-state index in [4.69, 9.17) is 4.74 Å². The van der Waals surface area contributed by atoms with Gasteiger partial charge in [0, 0.05) is 0 Å². The number of carboxylic acid groups (broad SMARTS) is 1. The van der Waals surface area contributed by atoms with Crippen molar-refractivity contribution in [3.8, 4) is 5.75 Å². The van der Waals surface area contributed by atoms with Crippen LogP contribution in [0.1, 0.15) is 31.4 Å². The fourth-order valence-electron chi connectivity index (χ4n) is 2.58. The van der Waals surface area contributed by atoms with Gasteiger partial charge < -0.3 is 9.84 Å². The van der Waals surface area contributed by atoms with Gasteiger partial charge in [0.2, 0.25) is 0 Å². The summed E-state index contributed by atoms with van der Waals surface area (Å²) in [6.07, 6.45) is 2.14. The lowest BCUT2D eigenvalue weighted by atomic mass is 9.96. The first kappa shape index (κ1) is 13.9. The summed E-state index contributed by atoms with van der Waals surface area (Å²) >= 11 is 0. The Labute approximate surface area is 114 Å².